The molecule has 36 heavy (non-hydrogen) atoms. The highest BCUT2D eigenvalue weighted by Crippen LogP contribution is 2.25. The summed E-state index contributed by atoms with van der Waals surface area (Å²) in [6, 6.07) is 14.0. The normalized spacial score (nSPS) is 13.9. The van der Waals surface area contributed by atoms with Crippen LogP contribution in [0.4, 0.5) is 0 Å². The summed E-state index contributed by atoms with van der Waals surface area (Å²) in [5.41, 5.74) is -0.0439. The fourth-order valence-electron chi connectivity index (χ4n) is 4.67. The number of fused-ring (bicyclic) bond motifs is 3. The number of halogens is 1. The van der Waals surface area contributed by atoms with Crippen LogP contribution in [-0.4, -0.2) is 27.0 Å². The van der Waals surface area contributed by atoms with Crippen LogP contribution in [0.5, 0.6) is 0 Å². The van der Waals surface area contributed by atoms with Gasteiger partial charge in [0.05, 0.1) is 0 Å². The first-order valence-electron chi connectivity index (χ1n) is 11.9. The SMILES string of the molecule is O=C(Cn1c(=O)n(CC(=O)NC2CCCC2)c(=O)c2oc3ccccc3c21)NCc1ccc(Cl)cc1. The third kappa shape index (κ3) is 4.79. The van der Waals surface area contributed by atoms with E-state index in [2.05, 4.69) is 10.6 Å². The van der Waals surface area contributed by atoms with Crippen LogP contribution < -0.4 is 21.9 Å². The monoisotopic (exact) mass is 508 g/mol. The molecule has 1 aliphatic carbocycles. The maximum atomic E-state index is 13.5. The van der Waals surface area contributed by atoms with E-state index in [-0.39, 0.29) is 30.2 Å². The van der Waals surface area contributed by atoms with Crippen LogP contribution in [0.1, 0.15) is 31.2 Å². The number of benzene rings is 2. The molecule has 0 aliphatic heterocycles. The fourth-order valence-corrected chi connectivity index (χ4v) is 4.80. The zero-order valence-electron chi connectivity index (χ0n) is 19.5. The first-order chi connectivity index (χ1) is 17.4. The van der Waals surface area contributed by atoms with Gasteiger partial charge in [-0.2, -0.15) is 0 Å². The minimum absolute atomic E-state index is 0.0454. The molecule has 2 aromatic heterocycles. The highest BCUT2D eigenvalue weighted by Gasteiger charge is 2.23. The number of carbonyl (C=O) groups is 2. The molecule has 10 heteroatoms. The minimum atomic E-state index is -0.748. The molecule has 0 unspecified atom stereocenters. The number of amides is 2. The molecule has 4 aromatic rings. The van der Waals surface area contributed by atoms with E-state index >= 15 is 0 Å². The fraction of sp³-hybridized carbons (Fsp3) is 0.308. The lowest BCUT2D eigenvalue weighted by Gasteiger charge is -2.14. The quantitative estimate of drug-likeness (QED) is 0.398. The van der Waals surface area contributed by atoms with Crippen LogP contribution in [0.3, 0.4) is 0 Å². The van der Waals surface area contributed by atoms with E-state index < -0.39 is 29.6 Å². The second-order valence-electron chi connectivity index (χ2n) is 8.99. The van der Waals surface area contributed by atoms with Crippen molar-refractivity contribution in [2.24, 2.45) is 0 Å². The summed E-state index contributed by atoms with van der Waals surface area (Å²) in [4.78, 5) is 52.2. The zero-order valence-corrected chi connectivity index (χ0v) is 20.2. The van der Waals surface area contributed by atoms with Crippen LogP contribution in [0, 0.1) is 0 Å². The summed E-state index contributed by atoms with van der Waals surface area (Å²) in [5, 5.41) is 6.80. The highest BCUT2D eigenvalue weighted by atomic mass is 35.5. The van der Waals surface area contributed by atoms with Crippen LogP contribution in [0.25, 0.3) is 22.1 Å². The molecule has 2 aromatic carbocycles. The lowest BCUT2D eigenvalue weighted by molar-refractivity contribution is -0.122. The van der Waals surface area contributed by atoms with Crippen molar-refractivity contribution >= 4 is 45.5 Å². The van der Waals surface area contributed by atoms with E-state index in [1.54, 1.807) is 48.5 Å². The van der Waals surface area contributed by atoms with Gasteiger partial charge in [0.1, 0.15) is 24.2 Å². The molecule has 5 rings (SSSR count). The van der Waals surface area contributed by atoms with E-state index in [4.69, 9.17) is 16.0 Å². The number of hydrogen-bond donors (Lipinski definition) is 2. The number of hydrogen-bond acceptors (Lipinski definition) is 5. The van der Waals surface area contributed by atoms with Gasteiger partial charge in [-0.15, -0.1) is 0 Å². The van der Waals surface area contributed by atoms with E-state index in [1.807, 2.05) is 0 Å². The molecular weight excluding hydrogens is 484 g/mol. The molecule has 0 radical (unpaired) electrons. The van der Waals surface area contributed by atoms with Crippen LogP contribution in [-0.2, 0) is 29.2 Å². The van der Waals surface area contributed by atoms with Crippen LogP contribution in [0.2, 0.25) is 5.02 Å². The average molecular weight is 509 g/mol. The molecule has 1 aliphatic rings. The Bertz CT molecular complexity index is 1560. The number of furan rings is 1. The molecule has 0 atom stereocenters. The largest absolute Gasteiger partial charge is 0.449 e. The lowest BCUT2D eigenvalue weighted by Crippen LogP contribution is -2.46. The molecule has 2 N–H and O–H groups in total. The molecular formula is C26H25ClN4O5. The number of carbonyl (C=O) groups excluding carboxylic acids is 2. The zero-order chi connectivity index (χ0) is 25.2. The molecule has 1 fully saturated rings. The summed E-state index contributed by atoms with van der Waals surface area (Å²) in [5.74, 6) is -0.852. The van der Waals surface area contributed by atoms with Gasteiger partial charge in [0.25, 0.3) is 5.56 Å². The predicted molar refractivity (Wildman–Crippen MR) is 136 cm³/mol. The van der Waals surface area contributed by atoms with Crippen molar-refractivity contribution in [2.75, 3.05) is 0 Å². The molecule has 2 amide bonds. The first kappa shape index (κ1) is 23.9. The van der Waals surface area contributed by atoms with E-state index in [1.165, 1.54) is 4.57 Å². The van der Waals surface area contributed by atoms with Crippen molar-refractivity contribution in [3.05, 3.63) is 80.0 Å². The van der Waals surface area contributed by atoms with Crippen molar-refractivity contribution < 1.29 is 14.0 Å². The van der Waals surface area contributed by atoms with E-state index in [0.717, 1.165) is 35.8 Å². The summed E-state index contributed by atoms with van der Waals surface area (Å²) in [6.45, 7) is -0.562. The Labute approximate surface area is 210 Å². The maximum Gasteiger partial charge on any atom is 0.332 e. The molecule has 0 saturated heterocycles. The summed E-state index contributed by atoms with van der Waals surface area (Å²) < 4.78 is 7.82. The van der Waals surface area contributed by atoms with Gasteiger partial charge in [0.15, 0.2) is 0 Å². The third-order valence-corrected chi connectivity index (χ3v) is 6.72. The van der Waals surface area contributed by atoms with Gasteiger partial charge in [-0.25, -0.2) is 9.36 Å². The molecule has 186 valence electrons. The number of rotatable bonds is 7. The highest BCUT2D eigenvalue weighted by molar-refractivity contribution is 6.30. The second-order valence-corrected chi connectivity index (χ2v) is 9.42. The van der Waals surface area contributed by atoms with Gasteiger partial charge in [0.2, 0.25) is 17.4 Å². The van der Waals surface area contributed by atoms with Crippen molar-refractivity contribution in [3.63, 3.8) is 0 Å². The Morgan fingerprint density at radius 1 is 0.944 bits per heavy atom. The van der Waals surface area contributed by atoms with Crippen LogP contribution >= 0.6 is 11.6 Å². The topological polar surface area (TPSA) is 115 Å². The van der Waals surface area contributed by atoms with Gasteiger partial charge >= 0.3 is 5.69 Å². The Hall–Kier alpha value is -3.85. The lowest BCUT2D eigenvalue weighted by atomic mass is 10.2. The van der Waals surface area contributed by atoms with E-state index in [9.17, 15) is 19.2 Å². The summed E-state index contributed by atoms with van der Waals surface area (Å²) >= 11 is 5.91. The summed E-state index contributed by atoms with van der Waals surface area (Å²) in [6.07, 6.45) is 3.82. The number of nitrogens with zero attached hydrogens (tertiary/aromatic N) is 2. The smallest absolute Gasteiger partial charge is 0.332 e. The maximum absolute atomic E-state index is 13.5. The van der Waals surface area contributed by atoms with Gasteiger partial charge < -0.3 is 15.1 Å². The Kier molecular flexibility index (Phi) is 6.65. The minimum Gasteiger partial charge on any atom is -0.449 e. The first-order valence-corrected chi connectivity index (χ1v) is 12.2. The molecule has 0 bridgehead atoms. The van der Waals surface area contributed by atoms with Gasteiger partial charge in [-0.3, -0.25) is 19.0 Å². The Morgan fingerprint density at radius 2 is 1.64 bits per heavy atom. The second kappa shape index (κ2) is 10.0. The van der Waals surface area contributed by atoms with Crippen LogP contribution in [0.15, 0.2) is 62.5 Å². The standard InChI is InChI=1S/C26H25ClN4O5/c27-17-11-9-16(10-12-17)13-28-21(32)14-30-23-19-7-3-4-8-20(19)36-24(23)25(34)31(26(30)35)15-22(33)29-18-5-1-2-6-18/h3-4,7-12,18H,1-2,5-6,13-15H2,(H,28,32)(H,29,33). The van der Waals surface area contributed by atoms with E-state index in [0.29, 0.717) is 16.0 Å². The molecule has 9 nitrogen and oxygen atoms in total. The Balaban J connectivity index is 1.49. The van der Waals surface area contributed by atoms with Crippen molar-refractivity contribution in [3.8, 4) is 0 Å². The average Bonchev–Trinajstić information content (AvgIpc) is 3.52. The molecule has 1 saturated carbocycles. The van der Waals surface area contributed by atoms with Gasteiger partial charge in [-0.05, 0) is 42.7 Å². The van der Waals surface area contributed by atoms with Crippen molar-refractivity contribution in [1.82, 2.24) is 19.8 Å². The number of para-hydroxylation sites is 1. The molecule has 2 heterocycles. The third-order valence-electron chi connectivity index (χ3n) is 6.47. The summed E-state index contributed by atoms with van der Waals surface area (Å²) in [7, 11) is 0. The predicted octanol–water partition coefficient (Wildman–Crippen LogP) is 2.94. The van der Waals surface area contributed by atoms with Gasteiger partial charge in [0, 0.05) is 23.0 Å². The van der Waals surface area contributed by atoms with Crippen molar-refractivity contribution in [1.29, 1.82) is 0 Å². The molecule has 0 spiro atoms. The number of aromatic nitrogens is 2. The number of nitrogens with one attached hydrogen (secondary N) is 2. The Morgan fingerprint density at radius 3 is 2.39 bits per heavy atom. The van der Waals surface area contributed by atoms with Gasteiger partial charge in [-0.1, -0.05) is 48.7 Å². The van der Waals surface area contributed by atoms with Crippen molar-refractivity contribution in [2.45, 2.75) is 51.4 Å².